The van der Waals surface area contributed by atoms with Crippen LogP contribution in [0.1, 0.15) is 81.8 Å². The van der Waals surface area contributed by atoms with Gasteiger partial charge in [0.1, 0.15) is 11.3 Å². The highest BCUT2D eigenvalue weighted by molar-refractivity contribution is 5.82. The van der Waals surface area contributed by atoms with Gasteiger partial charge in [-0.25, -0.2) is 0 Å². The summed E-state index contributed by atoms with van der Waals surface area (Å²) in [7, 11) is 0. The first-order valence-electron chi connectivity index (χ1n) is 12.7. The number of hydrogen-bond acceptors (Lipinski definition) is 5. The fourth-order valence-corrected chi connectivity index (χ4v) is 4.37. The van der Waals surface area contributed by atoms with Gasteiger partial charge >= 0.3 is 0 Å². The van der Waals surface area contributed by atoms with Crippen molar-refractivity contribution >= 4 is 11.0 Å². The predicted molar refractivity (Wildman–Crippen MR) is 138 cm³/mol. The Morgan fingerprint density at radius 3 is 2.00 bits per heavy atom. The van der Waals surface area contributed by atoms with Crippen LogP contribution in [0.2, 0.25) is 0 Å². The van der Waals surface area contributed by atoms with E-state index in [-0.39, 0.29) is 11.5 Å². The van der Waals surface area contributed by atoms with Gasteiger partial charge in [-0.05, 0) is 55.5 Å². The molecule has 34 heavy (non-hydrogen) atoms. The highest BCUT2D eigenvalue weighted by Gasteiger charge is 2.16. The predicted octanol–water partition coefficient (Wildman–Crippen LogP) is 7.01. The van der Waals surface area contributed by atoms with Crippen LogP contribution in [0.4, 0.5) is 0 Å². The average molecular weight is 467 g/mol. The van der Waals surface area contributed by atoms with E-state index in [9.17, 15) is 15.0 Å². The van der Waals surface area contributed by atoms with E-state index in [0.717, 1.165) is 31.2 Å². The highest BCUT2D eigenvalue weighted by Crippen LogP contribution is 2.33. The SMILES string of the molecule is Cc1ccc(-c2oc3ccc(CCCCCCCCCCCCCO)cc3c(=O)c2O)cc1O. The lowest BCUT2D eigenvalue weighted by atomic mass is 10.0. The zero-order valence-electron chi connectivity index (χ0n) is 20.3. The van der Waals surface area contributed by atoms with Crippen molar-refractivity contribution < 1.29 is 19.7 Å². The number of hydrogen-bond donors (Lipinski definition) is 3. The molecule has 3 rings (SSSR count). The zero-order valence-corrected chi connectivity index (χ0v) is 20.3. The summed E-state index contributed by atoms with van der Waals surface area (Å²) < 4.78 is 5.85. The number of aromatic hydroxyl groups is 2. The number of benzene rings is 2. The first-order chi connectivity index (χ1) is 16.5. The molecule has 0 atom stereocenters. The summed E-state index contributed by atoms with van der Waals surface area (Å²) in [5.41, 5.74) is 2.22. The molecule has 3 aromatic rings. The normalized spacial score (nSPS) is 11.4. The minimum atomic E-state index is -0.450. The molecule has 0 amide bonds. The monoisotopic (exact) mass is 466 g/mol. The van der Waals surface area contributed by atoms with Crippen LogP contribution < -0.4 is 5.43 Å². The standard InChI is InChI=1S/C29H38O5/c1-21-14-16-23(20-25(21)31)29-28(33)27(32)24-19-22(15-17-26(24)34-29)13-11-9-7-5-3-2-4-6-8-10-12-18-30/h14-17,19-20,30-31,33H,2-13,18H2,1H3. The van der Waals surface area contributed by atoms with Crippen molar-refractivity contribution in [3.63, 3.8) is 0 Å². The summed E-state index contributed by atoms with van der Waals surface area (Å²) >= 11 is 0. The van der Waals surface area contributed by atoms with Crippen LogP contribution in [0, 0.1) is 6.92 Å². The molecule has 0 saturated carbocycles. The van der Waals surface area contributed by atoms with Gasteiger partial charge in [-0.3, -0.25) is 4.79 Å². The molecular weight excluding hydrogens is 428 g/mol. The fraction of sp³-hybridized carbons (Fsp3) is 0.483. The summed E-state index contributed by atoms with van der Waals surface area (Å²) in [5, 5.41) is 29.6. The number of phenolic OH excluding ortho intramolecular Hbond substituents is 1. The Labute approximate surface area is 202 Å². The Morgan fingerprint density at radius 1 is 0.765 bits per heavy atom. The van der Waals surface area contributed by atoms with Gasteiger partial charge in [-0.15, -0.1) is 0 Å². The topological polar surface area (TPSA) is 90.9 Å². The van der Waals surface area contributed by atoms with Gasteiger partial charge in [0, 0.05) is 12.2 Å². The van der Waals surface area contributed by atoms with Crippen molar-refractivity contribution in [2.24, 2.45) is 0 Å². The lowest BCUT2D eigenvalue weighted by molar-refractivity contribution is 0.282. The number of phenols is 1. The van der Waals surface area contributed by atoms with Crippen molar-refractivity contribution in [3.8, 4) is 22.8 Å². The molecule has 0 saturated heterocycles. The molecule has 2 aromatic carbocycles. The lowest BCUT2D eigenvalue weighted by Crippen LogP contribution is -2.03. The first kappa shape index (κ1) is 25.8. The molecule has 0 bridgehead atoms. The molecule has 0 unspecified atom stereocenters. The molecule has 5 heteroatoms. The van der Waals surface area contributed by atoms with E-state index in [4.69, 9.17) is 9.52 Å². The van der Waals surface area contributed by atoms with E-state index >= 15 is 0 Å². The first-order valence-corrected chi connectivity index (χ1v) is 12.7. The van der Waals surface area contributed by atoms with Crippen molar-refractivity contribution in [3.05, 3.63) is 57.7 Å². The summed E-state index contributed by atoms with van der Waals surface area (Å²) in [6.07, 6.45) is 14.1. The number of rotatable bonds is 14. The molecule has 0 aliphatic heterocycles. The van der Waals surface area contributed by atoms with Crippen molar-refractivity contribution in [2.75, 3.05) is 6.61 Å². The molecule has 0 radical (unpaired) electrons. The van der Waals surface area contributed by atoms with Crippen molar-refractivity contribution in [2.45, 2.75) is 84.0 Å². The third kappa shape index (κ3) is 7.10. The zero-order chi connectivity index (χ0) is 24.3. The number of unbranched alkanes of at least 4 members (excludes halogenated alkanes) is 10. The van der Waals surface area contributed by atoms with Crippen molar-refractivity contribution in [1.29, 1.82) is 0 Å². The van der Waals surface area contributed by atoms with Gasteiger partial charge in [0.05, 0.1) is 5.39 Å². The Morgan fingerprint density at radius 2 is 1.38 bits per heavy atom. The van der Waals surface area contributed by atoms with Crippen molar-refractivity contribution in [1.82, 2.24) is 0 Å². The molecular formula is C29H38O5. The van der Waals surface area contributed by atoms with E-state index in [1.54, 1.807) is 25.1 Å². The quantitative estimate of drug-likeness (QED) is 0.222. The van der Waals surface area contributed by atoms with E-state index in [2.05, 4.69) is 0 Å². The molecule has 0 aliphatic rings. The van der Waals surface area contributed by atoms with E-state index in [1.807, 2.05) is 12.1 Å². The Bertz CT molecular complexity index is 1120. The Balaban J connectivity index is 1.49. The second-order valence-electron chi connectivity index (χ2n) is 9.30. The van der Waals surface area contributed by atoms with Gasteiger partial charge in [0.15, 0.2) is 5.76 Å². The molecule has 0 spiro atoms. The number of aliphatic hydroxyl groups is 1. The summed E-state index contributed by atoms with van der Waals surface area (Å²) in [6.45, 7) is 2.09. The van der Waals surface area contributed by atoms with Crippen LogP contribution in [0.25, 0.3) is 22.3 Å². The van der Waals surface area contributed by atoms with E-state index in [0.29, 0.717) is 28.7 Å². The Kier molecular flexibility index (Phi) is 10.0. The molecule has 0 fully saturated rings. The maximum absolute atomic E-state index is 12.8. The minimum absolute atomic E-state index is 0.0747. The van der Waals surface area contributed by atoms with Crippen LogP contribution in [-0.4, -0.2) is 21.9 Å². The molecule has 0 aliphatic carbocycles. The van der Waals surface area contributed by atoms with Gasteiger partial charge in [-0.1, -0.05) is 76.0 Å². The maximum atomic E-state index is 12.8. The van der Waals surface area contributed by atoms with Crippen LogP contribution in [-0.2, 0) is 6.42 Å². The molecule has 5 nitrogen and oxygen atoms in total. The number of aryl methyl sites for hydroxylation is 2. The van der Waals surface area contributed by atoms with Gasteiger partial charge < -0.3 is 19.7 Å². The summed E-state index contributed by atoms with van der Waals surface area (Å²) in [4.78, 5) is 12.8. The second-order valence-corrected chi connectivity index (χ2v) is 9.30. The summed E-state index contributed by atoms with van der Waals surface area (Å²) in [5.74, 6) is -0.267. The van der Waals surface area contributed by atoms with Gasteiger partial charge in [0.2, 0.25) is 11.2 Å². The van der Waals surface area contributed by atoms with Gasteiger partial charge in [0.25, 0.3) is 0 Å². The largest absolute Gasteiger partial charge is 0.508 e. The smallest absolute Gasteiger partial charge is 0.235 e. The van der Waals surface area contributed by atoms with Crippen LogP contribution >= 0.6 is 0 Å². The molecule has 1 heterocycles. The fourth-order valence-electron chi connectivity index (χ4n) is 4.37. The molecule has 184 valence electrons. The minimum Gasteiger partial charge on any atom is -0.508 e. The van der Waals surface area contributed by atoms with Crippen LogP contribution in [0.3, 0.4) is 0 Å². The third-order valence-corrected chi connectivity index (χ3v) is 6.53. The highest BCUT2D eigenvalue weighted by atomic mass is 16.4. The Hall–Kier alpha value is -2.79. The average Bonchev–Trinajstić information content (AvgIpc) is 2.84. The number of aliphatic hydroxyl groups excluding tert-OH is 1. The van der Waals surface area contributed by atoms with Crippen LogP contribution in [0.15, 0.2) is 45.6 Å². The molecule has 3 N–H and O–H groups in total. The van der Waals surface area contributed by atoms with E-state index in [1.165, 1.54) is 57.4 Å². The number of fused-ring (bicyclic) bond motifs is 1. The maximum Gasteiger partial charge on any atom is 0.235 e. The summed E-state index contributed by atoms with van der Waals surface area (Å²) in [6, 6.07) is 10.5. The molecule has 1 aromatic heterocycles. The lowest BCUT2D eigenvalue weighted by Gasteiger charge is -2.09. The second kappa shape index (κ2) is 13.2. The third-order valence-electron chi connectivity index (χ3n) is 6.53. The van der Waals surface area contributed by atoms with Crippen LogP contribution in [0.5, 0.6) is 11.5 Å². The van der Waals surface area contributed by atoms with E-state index < -0.39 is 11.2 Å². The van der Waals surface area contributed by atoms with Gasteiger partial charge in [-0.2, -0.15) is 0 Å².